The van der Waals surface area contributed by atoms with Crippen molar-refractivity contribution in [2.75, 3.05) is 0 Å². The van der Waals surface area contributed by atoms with Gasteiger partial charge in [0.05, 0.1) is 5.92 Å². The molecule has 1 aromatic rings. The van der Waals surface area contributed by atoms with Gasteiger partial charge < -0.3 is 5.11 Å². The quantitative estimate of drug-likeness (QED) is 0.711. The first kappa shape index (κ1) is 8.30. The molecular weight excluding hydrogens is 164 g/mol. The Kier molecular flexibility index (Phi) is 1.83. The van der Waals surface area contributed by atoms with Gasteiger partial charge in [-0.15, -0.1) is 0 Å². The molecule has 1 aliphatic rings. The summed E-state index contributed by atoms with van der Waals surface area (Å²) in [6.45, 7) is 2.04. The Morgan fingerprint density at radius 2 is 2.31 bits per heavy atom. The summed E-state index contributed by atoms with van der Waals surface area (Å²) in [5.41, 5.74) is 3.44. The molecule has 0 amide bonds. The van der Waals surface area contributed by atoms with E-state index in [0.29, 0.717) is 0 Å². The molecule has 2 rings (SSSR count). The van der Waals surface area contributed by atoms with Crippen molar-refractivity contribution in [1.29, 1.82) is 0 Å². The molecule has 1 atom stereocenters. The monoisotopic (exact) mass is 176 g/mol. The highest BCUT2D eigenvalue weighted by atomic mass is 16.4. The highest BCUT2D eigenvalue weighted by molar-refractivity contribution is 5.77. The van der Waals surface area contributed by atoms with E-state index < -0.39 is 5.97 Å². The highest BCUT2D eigenvalue weighted by Crippen LogP contribution is 2.33. The zero-order valence-corrected chi connectivity index (χ0v) is 7.58. The normalized spacial score (nSPS) is 19.9. The van der Waals surface area contributed by atoms with Gasteiger partial charge in [0.1, 0.15) is 0 Å². The number of hydrogen-bond donors (Lipinski definition) is 1. The second-order valence-electron chi connectivity index (χ2n) is 3.63. The van der Waals surface area contributed by atoms with Crippen LogP contribution in [-0.4, -0.2) is 11.1 Å². The fourth-order valence-electron chi connectivity index (χ4n) is 2.00. The van der Waals surface area contributed by atoms with E-state index in [1.54, 1.807) is 0 Å². The maximum atomic E-state index is 10.8. The molecule has 2 nitrogen and oxygen atoms in total. The van der Waals surface area contributed by atoms with Gasteiger partial charge >= 0.3 is 5.97 Å². The molecule has 0 aromatic heterocycles. The number of benzene rings is 1. The van der Waals surface area contributed by atoms with E-state index >= 15 is 0 Å². The minimum atomic E-state index is -0.692. The summed E-state index contributed by atoms with van der Waals surface area (Å²) in [6.07, 6.45) is 1.67. The van der Waals surface area contributed by atoms with Crippen molar-refractivity contribution < 1.29 is 9.90 Å². The molecule has 0 saturated heterocycles. The summed E-state index contributed by atoms with van der Waals surface area (Å²) in [5, 5.41) is 8.93. The van der Waals surface area contributed by atoms with Crippen molar-refractivity contribution in [3.63, 3.8) is 0 Å². The van der Waals surface area contributed by atoms with Gasteiger partial charge in [0.2, 0.25) is 0 Å². The van der Waals surface area contributed by atoms with E-state index in [-0.39, 0.29) is 5.92 Å². The summed E-state index contributed by atoms with van der Waals surface area (Å²) in [5.74, 6) is -0.960. The molecule has 2 heteroatoms. The van der Waals surface area contributed by atoms with Crippen LogP contribution in [0, 0.1) is 6.92 Å². The van der Waals surface area contributed by atoms with Gasteiger partial charge in [0.15, 0.2) is 0 Å². The van der Waals surface area contributed by atoms with Crippen molar-refractivity contribution in [2.24, 2.45) is 0 Å². The molecule has 0 spiro atoms. The van der Waals surface area contributed by atoms with E-state index in [1.165, 1.54) is 11.1 Å². The molecule has 0 radical (unpaired) electrons. The Labute approximate surface area is 77.2 Å². The predicted octanol–water partition coefficient (Wildman–Crippen LogP) is 2.11. The third-order valence-electron chi connectivity index (χ3n) is 2.67. The summed E-state index contributed by atoms with van der Waals surface area (Å²) >= 11 is 0. The maximum absolute atomic E-state index is 10.8. The number of hydrogen-bond acceptors (Lipinski definition) is 1. The van der Waals surface area contributed by atoms with Crippen LogP contribution in [0.1, 0.15) is 29.0 Å². The Bertz CT molecular complexity index is 355. The van der Waals surface area contributed by atoms with Crippen molar-refractivity contribution in [1.82, 2.24) is 0 Å². The number of fused-ring (bicyclic) bond motifs is 1. The maximum Gasteiger partial charge on any atom is 0.310 e. The lowest BCUT2D eigenvalue weighted by Crippen LogP contribution is -2.07. The Morgan fingerprint density at radius 3 is 3.00 bits per heavy atom. The molecule has 0 fully saturated rings. The zero-order valence-electron chi connectivity index (χ0n) is 7.58. The lowest BCUT2D eigenvalue weighted by atomic mass is 10.0. The van der Waals surface area contributed by atoms with Gasteiger partial charge in [0.25, 0.3) is 0 Å². The van der Waals surface area contributed by atoms with Crippen molar-refractivity contribution >= 4 is 5.97 Å². The highest BCUT2D eigenvalue weighted by Gasteiger charge is 2.27. The van der Waals surface area contributed by atoms with Crippen LogP contribution in [0.5, 0.6) is 0 Å². The van der Waals surface area contributed by atoms with Crippen LogP contribution in [0.4, 0.5) is 0 Å². The molecule has 1 aromatic carbocycles. The first-order chi connectivity index (χ1) is 6.18. The first-order valence-corrected chi connectivity index (χ1v) is 4.50. The van der Waals surface area contributed by atoms with Crippen LogP contribution in [-0.2, 0) is 11.2 Å². The average molecular weight is 176 g/mol. The summed E-state index contributed by atoms with van der Waals surface area (Å²) < 4.78 is 0. The van der Waals surface area contributed by atoms with E-state index in [9.17, 15) is 4.79 Å². The zero-order chi connectivity index (χ0) is 9.42. The fourth-order valence-corrected chi connectivity index (χ4v) is 2.00. The van der Waals surface area contributed by atoms with Crippen molar-refractivity contribution in [2.45, 2.75) is 25.7 Å². The number of carboxylic acid groups (broad SMARTS) is 1. The molecule has 68 valence electrons. The summed E-state index contributed by atoms with van der Waals surface area (Å²) in [4.78, 5) is 10.8. The summed E-state index contributed by atoms with van der Waals surface area (Å²) in [7, 11) is 0. The predicted molar refractivity (Wildman–Crippen MR) is 49.9 cm³/mol. The van der Waals surface area contributed by atoms with Gasteiger partial charge in [-0.25, -0.2) is 0 Å². The lowest BCUT2D eigenvalue weighted by Gasteiger charge is -2.05. The molecular formula is C11H12O2. The molecule has 1 N–H and O–H groups in total. The van der Waals surface area contributed by atoms with Crippen LogP contribution < -0.4 is 0 Å². The van der Waals surface area contributed by atoms with E-state index in [2.05, 4.69) is 6.07 Å². The summed E-state index contributed by atoms with van der Waals surface area (Å²) in [6, 6.07) is 6.04. The topological polar surface area (TPSA) is 37.3 Å². The number of aliphatic carboxylic acids is 1. The smallest absolute Gasteiger partial charge is 0.310 e. The third kappa shape index (κ3) is 1.32. The minimum Gasteiger partial charge on any atom is -0.481 e. The van der Waals surface area contributed by atoms with Crippen molar-refractivity contribution in [3.8, 4) is 0 Å². The van der Waals surface area contributed by atoms with Crippen LogP contribution in [0.2, 0.25) is 0 Å². The Hall–Kier alpha value is -1.31. The minimum absolute atomic E-state index is 0.268. The van der Waals surface area contributed by atoms with Gasteiger partial charge in [0, 0.05) is 0 Å². The molecule has 1 aliphatic carbocycles. The third-order valence-corrected chi connectivity index (χ3v) is 2.67. The van der Waals surface area contributed by atoms with Gasteiger partial charge in [-0.05, 0) is 30.9 Å². The second-order valence-corrected chi connectivity index (χ2v) is 3.63. The average Bonchev–Trinajstić information content (AvgIpc) is 2.46. The van der Waals surface area contributed by atoms with E-state index in [4.69, 9.17) is 5.11 Å². The van der Waals surface area contributed by atoms with Crippen LogP contribution in [0.25, 0.3) is 0 Å². The number of aryl methyl sites for hydroxylation is 2. The van der Waals surface area contributed by atoms with Crippen LogP contribution in [0.3, 0.4) is 0 Å². The fraction of sp³-hybridized carbons (Fsp3) is 0.364. The van der Waals surface area contributed by atoms with Gasteiger partial charge in [-0.3, -0.25) is 4.79 Å². The van der Waals surface area contributed by atoms with Crippen molar-refractivity contribution in [3.05, 3.63) is 34.9 Å². The largest absolute Gasteiger partial charge is 0.481 e. The lowest BCUT2D eigenvalue weighted by molar-refractivity contribution is -0.138. The Morgan fingerprint density at radius 1 is 1.54 bits per heavy atom. The molecule has 13 heavy (non-hydrogen) atoms. The molecule has 0 bridgehead atoms. The van der Waals surface area contributed by atoms with E-state index in [1.807, 2.05) is 19.1 Å². The number of carbonyl (C=O) groups is 1. The standard InChI is InChI=1S/C11H12O2/c1-7-2-4-9-8(6-7)3-5-10(9)11(12)13/h2,4,6,10H,3,5H2,1H3,(H,12,13)/t10-/m1/s1. The van der Waals surface area contributed by atoms with Gasteiger partial charge in [-0.1, -0.05) is 23.8 Å². The van der Waals surface area contributed by atoms with E-state index in [0.717, 1.165) is 18.4 Å². The SMILES string of the molecule is Cc1ccc2c(c1)CC[C@H]2C(=O)O. The molecule has 0 saturated carbocycles. The molecule has 0 unspecified atom stereocenters. The Balaban J connectivity index is 2.44. The van der Waals surface area contributed by atoms with Gasteiger partial charge in [-0.2, -0.15) is 0 Å². The number of rotatable bonds is 1. The molecule has 0 heterocycles. The first-order valence-electron chi connectivity index (χ1n) is 4.50. The van der Waals surface area contributed by atoms with Crippen LogP contribution >= 0.6 is 0 Å². The second kappa shape index (κ2) is 2.87. The number of carboxylic acids is 1. The molecule has 0 aliphatic heterocycles. The van der Waals surface area contributed by atoms with Crippen LogP contribution in [0.15, 0.2) is 18.2 Å².